The van der Waals surface area contributed by atoms with Gasteiger partial charge in [0.05, 0.1) is 18.8 Å². The molecule has 0 radical (unpaired) electrons. The highest BCUT2D eigenvalue weighted by Crippen LogP contribution is 2.22. The van der Waals surface area contributed by atoms with Crippen molar-refractivity contribution in [3.05, 3.63) is 29.3 Å². The number of rotatable bonds is 2. The van der Waals surface area contributed by atoms with Crippen LogP contribution in [0.25, 0.3) is 0 Å². The molecule has 2 N–H and O–H groups in total. The van der Waals surface area contributed by atoms with Gasteiger partial charge in [-0.2, -0.15) is 0 Å². The molecule has 0 aromatic heterocycles. The summed E-state index contributed by atoms with van der Waals surface area (Å²) >= 11 is 0. The minimum atomic E-state index is -1.11. The third-order valence-corrected chi connectivity index (χ3v) is 3.06. The summed E-state index contributed by atoms with van der Waals surface area (Å²) in [5.41, 5.74) is 0.939. The van der Waals surface area contributed by atoms with Gasteiger partial charge in [0.25, 0.3) is 5.91 Å². The van der Waals surface area contributed by atoms with Crippen molar-refractivity contribution in [2.75, 3.05) is 19.8 Å². The molecule has 1 aromatic rings. The molecule has 1 atom stereocenters. The monoisotopic (exact) mass is 265 g/mol. The fourth-order valence-corrected chi connectivity index (χ4v) is 2.03. The predicted molar refractivity (Wildman–Crippen MR) is 66.1 cm³/mol. The van der Waals surface area contributed by atoms with Crippen molar-refractivity contribution in [3.63, 3.8) is 0 Å². The Morgan fingerprint density at radius 3 is 2.84 bits per heavy atom. The Kier molecular flexibility index (Phi) is 3.71. The first-order chi connectivity index (χ1) is 9.00. The summed E-state index contributed by atoms with van der Waals surface area (Å²) in [6.07, 6.45) is 0. The number of carboxylic acid groups (broad SMARTS) is 1. The van der Waals surface area contributed by atoms with Gasteiger partial charge in [0.2, 0.25) is 0 Å². The van der Waals surface area contributed by atoms with Gasteiger partial charge in [0, 0.05) is 6.54 Å². The van der Waals surface area contributed by atoms with Crippen LogP contribution in [-0.4, -0.2) is 52.8 Å². The Bertz CT molecular complexity index is 514. The molecule has 19 heavy (non-hydrogen) atoms. The van der Waals surface area contributed by atoms with E-state index in [1.54, 1.807) is 19.1 Å². The number of hydrogen-bond acceptors (Lipinski definition) is 4. The van der Waals surface area contributed by atoms with Crippen LogP contribution in [0.1, 0.15) is 15.9 Å². The van der Waals surface area contributed by atoms with Gasteiger partial charge in [0.15, 0.2) is 6.04 Å². The highest BCUT2D eigenvalue weighted by molar-refractivity contribution is 5.99. The number of carbonyl (C=O) groups is 2. The molecule has 0 aliphatic carbocycles. The van der Waals surface area contributed by atoms with Crippen molar-refractivity contribution >= 4 is 11.9 Å². The molecular weight excluding hydrogens is 250 g/mol. The van der Waals surface area contributed by atoms with E-state index >= 15 is 0 Å². The van der Waals surface area contributed by atoms with Gasteiger partial charge in [-0.15, -0.1) is 0 Å². The van der Waals surface area contributed by atoms with Crippen molar-refractivity contribution < 1.29 is 24.5 Å². The second kappa shape index (κ2) is 5.27. The van der Waals surface area contributed by atoms with E-state index in [2.05, 4.69) is 0 Å². The maximum Gasteiger partial charge on any atom is 0.328 e. The van der Waals surface area contributed by atoms with Crippen molar-refractivity contribution in [1.82, 2.24) is 4.90 Å². The predicted octanol–water partition coefficient (Wildman–Crippen LogP) is 0.626. The Morgan fingerprint density at radius 2 is 2.16 bits per heavy atom. The fourth-order valence-electron chi connectivity index (χ4n) is 2.03. The van der Waals surface area contributed by atoms with Gasteiger partial charge in [-0.1, -0.05) is 11.6 Å². The maximum absolute atomic E-state index is 12.3. The van der Waals surface area contributed by atoms with E-state index in [9.17, 15) is 14.7 Å². The number of aromatic hydroxyl groups is 1. The van der Waals surface area contributed by atoms with Crippen LogP contribution in [0.3, 0.4) is 0 Å². The van der Waals surface area contributed by atoms with E-state index in [4.69, 9.17) is 9.84 Å². The average molecular weight is 265 g/mol. The van der Waals surface area contributed by atoms with Crippen LogP contribution >= 0.6 is 0 Å². The van der Waals surface area contributed by atoms with E-state index < -0.39 is 17.9 Å². The lowest BCUT2D eigenvalue weighted by molar-refractivity contribution is -0.147. The van der Waals surface area contributed by atoms with Crippen LogP contribution in [0.15, 0.2) is 18.2 Å². The van der Waals surface area contributed by atoms with Crippen molar-refractivity contribution in [2.24, 2.45) is 0 Å². The summed E-state index contributed by atoms with van der Waals surface area (Å²) in [7, 11) is 0. The molecule has 6 nitrogen and oxygen atoms in total. The summed E-state index contributed by atoms with van der Waals surface area (Å²) in [5.74, 6) is -1.75. The molecule has 1 aliphatic heterocycles. The van der Waals surface area contributed by atoms with E-state index in [-0.39, 0.29) is 24.5 Å². The summed E-state index contributed by atoms with van der Waals surface area (Å²) in [6, 6.07) is 3.64. The lowest BCUT2D eigenvalue weighted by Gasteiger charge is -2.33. The molecule has 1 heterocycles. The third-order valence-electron chi connectivity index (χ3n) is 3.06. The quantitative estimate of drug-likeness (QED) is 0.818. The van der Waals surface area contributed by atoms with Crippen molar-refractivity contribution in [3.8, 4) is 5.75 Å². The fraction of sp³-hybridized carbons (Fsp3) is 0.385. The molecular formula is C13H15NO5. The number of aryl methyl sites for hydroxylation is 1. The van der Waals surface area contributed by atoms with Gasteiger partial charge >= 0.3 is 5.97 Å². The van der Waals surface area contributed by atoms with E-state index in [0.717, 1.165) is 5.56 Å². The van der Waals surface area contributed by atoms with E-state index in [1.165, 1.54) is 11.0 Å². The Hall–Kier alpha value is -2.08. The van der Waals surface area contributed by atoms with Crippen LogP contribution in [0.5, 0.6) is 5.75 Å². The van der Waals surface area contributed by atoms with Gasteiger partial charge < -0.3 is 19.8 Å². The standard InChI is InChI=1S/C13H15NO5/c1-8-2-3-11(15)9(6-8)12(16)14-4-5-19-7-10(14)13(17)18/h2-3,6,10,15H,4-5,7H2,1H3,(H,17,18). The Morgan fingerprint density at radius 1 is 1.42 bits per heavy atom. The summed E-state index contributed by atoms with van der Waals surface area (Å²) in [6.45, 7) is 2.25. The number of amides is 1. The molecule has 1 aromatic carbocycles. The topological polar surface area (TPSA) is 87.1 Å². The number of aliphatic carboxylic acids is 1. The van der Waals surface area contributed by atoms with Gasteiger partial charge in [-0.25, -0.2) is 4.79 Å². The van der Waals surface area contributed by atoms with Crippen molar-refractivity contribution in [2.45, 2.75) is 13.0 Å². The molecule has 1 saturated heterocycles. The highest BCUT2D eigenvalue weighted by Gasteiger charge is 2.34. The minimum absolute atomic E-state index is 0.0341. The number of morpholine rings is 1. The van der Waals surface area contributed by atoms with Crippen LogP contribution < -0.4 is 0 Å². The molecule has 1 aliphatic rings. The first-order valence-corrected chi connectivity index (χ1v) is 5.92. The molecule has 1 fully saturated rings. The van der Waals surface area contributed by atoms with Crippen LogP contribution in [0.2, 0.25) is 0 Å². The normalized spacial score (nSPS) is 19.2. The number of carbonyl (C=O) groups excluding carboxylic acids is 1. The number of phenols is 1. The van der Waals surface area contributed by atoms with Gasteiger partial charge in [0.1, 0.15) is 5.75 Å². The maximum atomic E-state index is 12.3. The molecule has 1 amide bonds. The number of nitrogens with zero attached hydrogens (tertiary/aromatic N) is 1. The summed E-state index contributed by atoms with van der Waals surface area (Å²) in [4.78, 5) is 24.7. The lowest BCUT2D eigenvalue weighted by Crippen LogP contribution is -2.52. The zero-order valence-corrected chi connectivity index (χ0v) is 10.5. The van der Waals surface area contributed by atoms with Crippen LogP contribution in [-0.2, 0) is 9.53 Å². The van der Waals surface area contributed by atoms with Gasteiger partial charge in [-0.05, 0) is 19.1 Å². The van der Waals surface area contributed by atoms with Crippen LogP contribution in [0, 0.1) is 6.92 Å². The number of phenolic OH excluding ortho intramolecular Hbond substituents is 1. The number of carboxylic acids is 1. The number of ether oxygens (including phenoxy) is 1. The molecule has 0 bridgehead atoms. The molecule has 1 unspecified atom stereocenters. The zero-order chi connectivity index (χ0) is 14.0. The SMILES string of the molecule is Cc1ccc(O)c(C(=O)N2CCOCC2C(=O)O)c1. The van der Waals surface area contributed by atoms with Gasteiger partial charge in [-0.3, -0.25) is 4.79 Å². The Labute approximate surface area is 110 Å². The molecule has 102 valence electrons. The minimum Gasteiger partial charge on any atom is -0.507 e. The van der Waals surface area contributed by atoms with E-state index in [0.29, 0.717) is 6.61 Å². The number of hydrogen-bond donors (Lipinski definition) is 2. The third kappa shape index (κ3) is 2.68. The molecule has 6 heteroatoms. The Balaban J connectivity index is 2.31. The summed E-state index contributed by atoms with van der Waals surface area (Å²) in [5, 5.41) is 18.8. The zero-order valence-electron chi connectivity index (χ0n) is 10.5. The lowest BCUT2D eigenvalue weighted by atomic mass is 10.1. The second-order valence-corrected chi connectivity index (χ2v) is 4.45. The molecule has 0 spiro atoms. The smallest absolute Gasteiger partial charge is 0.328 e. The highest BCUT2D eigenvalue weighted by atomic mass is 16.5. The largest absolute Gasteiger partial charge is 0.507 e. The molecule has 2 rings (SSSR count). The van der Waals surface area contributed by atoms with E-state index in [1.807, 2.05) is 0 Å². The summed E-state index contributed by atoms with van der Waals surface area (Å²) < 4.78 is 5.08. The average Bonchev–Trinajstić information content (AvgIpc) is 2.40. The van der Waals surface area contributed by atoms with Crippen LogP contribution in [0.4, 0.5) is 0 Å². The number of benzene rings is 1. The first kappa shape index (κ1) is 13.4. The molecule has 0 saturated carbocycles. The second-order valence-electron chi connectivity index (χ2n) is 4.45. The first-order valence-electron chi connectivity index (χ1n) is 5.92. The van der Waals surface area contributed by atoms with Crippen molar-refractivity contribution in [1.29, 1.82) is 0 Å².